The number of allylic oxidation sites excluding steroid dienone is 1. The van der Waals surface area contributed by atoms with Gasteiger partial charge in [-0.05, 0) is 71.1 Å². The Morgan fingerprint density at radius 3 is 2.47 bits per heavy atom. The molecule has 0 radical (unpaired) electrons. The van der Waals surface area contributed by atoms with Crippen molar-refractivity contribution in [3.8, 4) is 23.0 Å². The number of thioether (sulfide) groups is 1. The van der Waals surface area contributed by atoms with Crippen LogP contribution in [-0.4, -0.2) is 49.2 Å². The topological polar surface area (TPSA) is 85.3 Å². The molecule has 4 rings (SSSR count). The minimum absolute atomic E-state index is 0.0167. The summed E-state index contributed by atoms with van der Waals surface area (Å²) in [5, 5.41) is 10.0. The van der Waals surface area contributed by atoms with E-state index in [2.05, 4.69) is 15.9 Å². The third kappa shape index (κ3) is 4.31. The number of hydrogen-bond donors (Lipinski definition) is 1. The number of aromatic hydroxyl groups is 1. The van der Waals surface area contributed by atoms with Crippen LogP contribution in [-0.2, 0) is 0 Å². The van der Waals surface area contributed by atoms with Gasteiger partial charge in [0.2, 0.25) is 5.78 Å². The summed E-state index contributed by atoms with van der Waals surface area (Å²) in [6.45, 7) is 1.35. The average molecular weight is 520 g/mol. The van der Waals surface area contributed by atoms with E-state index >= 15 is 0 Å². The monoisotopic (exact) mass is 519 g/mol. The standard InChI is InChI=1S/C23H22BrNO6S/c1-29-15-6-7-16(31-23(28)25-8-4-3-5-9-25)22-19(15)21(27)18(32-22)12-13-10-14(24)20(26)17(11-13)30-2/h6-7,10-12,26H,3-5,8-9H2,1-2H3/b18-12-. The van der Waals surface area contributed by atoms with Gasteiger partial charge in [-0.2, -0.15) is 0 Å². The number of Topliss-reactive ketones (excluding diaryl/α,β-unsaturated/α-hetero) is 1. The summed E-state index contributed by atoms with van der Waals surface area (Å²) in [7, 11) is 2.95. The summed E-state index contributed by atoms with van der Waals surface area (Å²) >= 11 is 4.52. The number of piperidine rings is 1. The molecule has 2 aromatic carbocycles. The number of ether oxygens (including phenoxy) is 3. The van der Waals surface area contributed by atoms with Crippen LogP contribution in [0.2, 0.25) is 0 Å². The van der Waals surface area contributed by atoms with Gasteiger partial charge in [0.05, 0.1) is 34.1 Å². The van der Waals surface area contributed by atoms with Crippen LogP contribution in [0.5, 0.6) is 23.0 Å². The Hall–Kier alpha value is -2.65. The van der Waals surface area contributed by atoms with E-state index in [-0.39, 0.29) is 17.3 Å². The molecule has 1 saturated heterocycles. The highest BCUT2D eigenvalue weighted by molar-refractivity contribution is 9.10. The number of halogens is 1. The molecule has 9 heteroatoms. The van der Waals surface area contributed by atoms with E-state index in [0.717, 1.165) is 19.3 Å². The van der Waals surface area contributed by atoms with E-state index in [9.17, 15) is 14.7 Å². The molecule has 2 heterocycles. The Labute approximate surface area is 198 Å². The van der Waals surface area contributed by atoms with Crippen molar-refractivity contribution in [2.75, 3.05) is 27.3 Å². The second-order valence-electron chi connectivity index (χ2n) is 7.38. The third-order valence-corrected chi connectivity index (χ3v) is 7.08. The maximum Gasteiger partial charge on any atom is 0.415 e. The zero-order chi connectivity index (χ0) is 22.8. The fraction of sp³-hybridized carbons (Fsp3) is 0.304. The number of likely N-dealkylation sites (tertiary alicyclic amines) is 1. The quantitative estimate of drug-likeness (QED) is 0.534. The van der Waals surface area contributed by atoms with Gasteiger partial charge < -0.3 is 24.2 Å². The summed E-state index contributed by atoms with van der Waals surface area (Å²) in [5.74, 6) is 0.802. The number of phenols is 1. The van der Waals surface area contributed by atoms with Gasteiger partial charge >= 0.3 is 6.09 Å². The fourth-order valence-electron chi connectivity index (χ4n) is 3.71. The van der Waals surface area contributed by atoms with Gasteiger partial charge in [0.1, 0.15) is 11.5 Å². The predicted molar refractivity (Wildman–Crippen MR) is 125 cm³/mol. The molecule has 32 heavy (non-hydrogen) atoms. The maximum absolute atomic E-state index is 13.2. The van der Waals surface area contributed by atoms with Crippen LogP contribution < -0.4 is 14.2 Å². The number of carbonyl (C=O) groups is 2. The summed E-state index contributed by atoms with van der Waals surface area (Å²) < 4.78 is 16.7. The van der Waals surface area contributed by atoms with Crippen molar-refractivity contribution in [1.29, 1.82) is 0 Å². The minimum Gasteiger partial charge on any atom is -0.503 e. The van der Waals surface area contributed by atoms with Crippen LogP contribution in [0.15, 0.2) is 38.5 Å². The van der Waals surface area contributed by atoms with E-state index in [1.807, 2.05) is 0 Å². The number of fused-ring (bicyclic) bond motifs is 1. The Kier molecular flexibility index (Phi) is 6.66. The van der Waals surface area contributed by atoms with Crippen LogP contribution in [0.1, 0.15) is 35.2 Å². The van der Waals surface area contributed by atoms with Crippen molar-refractivity contribution in [1.82, 2.24) is 4.90 Å². The van der Waals surface area contributed by atoms with Crippen LogP contribution in [0.25, 0.3) is 6.08 Å². The molecule has 168 valence electrons. The number of methoxy groups -OCH3 is 2. The molecule has 0 atom stereocenters. The number of benzene rings is 2. The Morgan fingerprint density at radius 2 is 1.78 bits per heavy atom. The molecular formula is C23H22BrNO6S. The highest BCUT2D eigenvalue weighted by Crippen LogP contribution is 2.50. The number of hydrogen-bond acceptors (Lipinski definition) is 7. The molecule has 1 N–H and O–H groups in total. The highest BCUT2D eigenvalue weighted by Gasteiger charge is 2.34. The Balaban J connectivity index is 1.67. The SMILES string of the molecule is COc1cc(/C=C2\Sc3c(OC(=O)N4CCCCC4)ccc(OC)c3C2=O)cc(Br)c1O. The van der Waals surface area contributed by atoms with Crippen molar-refractivity contribution >= 4 is 45.6 Å². The lowest BCUT2D eigenvalue weighted by molar-refractivity contribution is 0.103. The molecular weight excluding hydrogens is 498 g/mol. The highest BCUT2D eigenvalue weighted by atomic mass is 79.9. The van der Waals surface area contributed by atoms with E-state index in [0.29, 0.717) is 50.0 Å². The smallest absolute Gasteiger partial charge is 0.415 e. The zero-order valence-electron chi connectivity index (χ0n) is 17.6. The van der Waals surface area contributed by atoms with Gasteiger partial charge in [-0.1, -0.05) is 11.8 Å². The first-order valence-corrected chi connectivity index (χ1v) is 11.7. The van der Waals surface area contributed by atoms with E-state index in [4.69, 9.17) is 14.2 Å². The van der Waals surface area contributed by atoms with Gasteiger partial charge in [-0.15, -0.1) is 0 Å². The van der Waals surface area contributed by atoms with Crippen LogP contribution >= 0.6 is 27.7 Å². The molecule has 0 unspecified atom stereocenters. The largest absolute Gasteiger partial charge is 0.503 e. The number of rotatable bonds is 4. The van der Waals surface area contributed by atoms with Gasteiger partial charge in [0, 0.05) is 13.1 Å². The summed E-state index contributed by atoms with van der Waals surface area (Å²) in [5.41, 5.74) is 1.04. The number of carbonyl (C=O) groups excluding carboxylic acids is 2. The van der Waals surface area contributed by atoms with Crippen molar-refractivity contribution in [3.63, 3.8) is 0 Å². The summed E-state index contributed by atoms with van der Waals surface area (Å²) in [6.07, 6.45) is 4.33. The lowest BCUT2D eigenvalue weighted by atomic mass is 10.1. The zero-order valence-corrected chi connectivity index (χ0v) is 20.0. The first kappa shape index (κ1) is 22.5. The molecule has 2 aromatic rings. The summed E-state index contributed by atoms with van der Waals surface area (Å²) in [4.78, 5) is 28.5. The summed E-state index contributed by atoms with van der Waals surface area (Å²) in [6, 6.07) is 6.62. The Bertz CT molecular complexity index is 1110. The Morgan fingerprint density at radius 1 is 1.09 bits per heavy atom. The molecule has 1 fully saturated rings. The van der Waals surface area contributed by atoms with Gasteiger partial charge in [0.25, 0.3) is 0 Å². The van der Waals surface area contributed by atoms with Crippen molar-refractivity contribution in [2.24, 2.45) is 0 Å². The second kappa shape index (κ2) is 9.46. The van der Waals surface area contributed by atoms with Gasteiger partial charge in [-0.25, -0.2) is 4.79 Å². The molecule has 1 amide bonds. The molecule has 0 spiro atoms. The molecule has 0 saturated carbocycles. The molecule has 0 aromatic heterocycles. The average Bonchev–Trinajstić information content (AvgIpc) is 3.13. The maximum atomic E-state index is 13.2. The van der Waals surface area contributed by atoms with Crippen molar-refractivity contribution < 1.29 is 28.9 Å². The van der Waals surface area contributed by atoms with Crippen molar-refractivity contribution in [3.05, 3.63) is 44.8 Å². The number of amides is 1. The molecule has 2 aliphatic heterocycles. The van der Waals surface area contributed by atoms with Crippen molar-refractivity contribution in [2.45, 2.75) is 24.2 Å². The number of phenolic OH excluding ortho intramolecular Hbond substituents is 1. The van der Waals surface area contributed by atoms with Gasteiger partial charge in [-0.3, -0.25) is 4.79 Å². The van der Waals surface area contributed by atoms with Crippen LogP contribution in [0.3, 0.4) is 0 Å². The normalized spacial score (nSPS) is 16.8. The van der Waals surface area contributed by atoms with Crippen LogP contribution in [0, 0.1) is 0 Å². The number of ketones is 1. The van der Waals surface area contributed by atoms with Gasteiger partial charge in [0.15, 0.2) is 11.5 Å². The molecule has 0 aliphatic carbocycles. The van der Waals surface area contributed by atoms with E-state index in [1.165, 1.54) is 26.0 Å². The molecule has 0 bridgehead atoms. The lowest BCUT2D eigenvalue weighted by Gasteiger charge is -2.26. The predicted octanol–water partition coefficient (Wildman–Crippen LogP) is 5.49. The second-order valence-corrected chi connectivity index (χ2v) is 9.29. The van der Waals surface area contributed by atoms with Crippen LogP contribution in [0.4, 0.5) is 4.79 Å². The first-order chi connectivity index (χ1) is 15.4. The number of nitrogens with zero attached hydrogens (tertiary/aromatic N) is 1. The fourth-order valence-corrected chi connectivity index (χ4v) is 5.28. The lowest BCUT2D eigenvalue weighted by Crippen LogP contribution is -2.37. The minimum atomic E-state index is -0.408. The first-order valence-electron chi connectivity index (χ1n) is 10.1. The van der Waals surface area contributed by atoms with E-state index in [1.54, 1.807) is 35.2 Å². The third-order valence-electron chi connectivity index (χ3n) is 5.35. The molecule has 7 nitrogen and oxygen atoms in total. The van der Waals surface area contributed by atoms with E-state index < -0.39 is 6.09 Å². The molecule has 2 aliphatic rings.